The summed E-state index contributed by atoms with van der Waals surface area (Å²) in [6.07, 6.45) is 1.74. The van der Waals surface area contributed by atoms with Crippen molar-refractivity contribution >= 4 is 16.7 Å². The summed E-state index contributed by atoms with van der Waals surface area (Å²) in [7, 11) is 1.61. The van der Waals surface area contributed by atoms with E-state index in [0.29, 0.717) is 22.6 Å². The van der Waals surface area contributed by atoms with Crippen LogP contribution >= 0.6 is 0 Å². The van der Waals surface area contributed by atoms with Crippen LogP contribution in [0.2, 0.25) is 0 Å². The number of aromatic nitrogens is 4. The zero-order chi connectivity index (χ0) is 17.4. The molecule has 126 valence electrons. The van der Waals surface area contributed by atoms with Gasteiger partial charge in [0.05, 0.1) is 23.7 Å². The van der Waals surface area contributed by atoms with Crippen LogP contribution in [0.5, 0.6) is 5.75 Å². The minimum Gasteiger partial charge on any atom is -0.497 e. The molecule has 6 nitrogen and oxygen atoms in total. The Morgan fingerprint density at radius 2 is 1.92 bits per heavy atom. The van der Waals surface area contributed by atoms with E-state index in [1.165, 1.54) is 0 Å². The van der Waals surface area contributed by atoms with Crippen molar-refractivity contribution in [2.75, 3.05) is 7.11 Å². The zero-order valence-electron chi connectivity index (χ0n) is 14.1. The van der Waals surface area contributed by atoms with Gasteiger partial charge in [0.2, 0.25) is 5.78 Å². The van der Waals surface area contributed by atoms with Crippen LogP contribution in [-0.2, 0) is 6.42 Å². The number of methoxy groups -OCH3 is 1. The lowest BCUT2D eigenvalue weighted by Crippen LogP contribution is -2.22. The van der Waals surface area contributed by atoms with Gasteiger partial charge in [0.15, 0.2) is 0 Å². The fourth-order valence-electron chi connectivity index (χ4n) is 3.13. The first-order chi connectivity index (χ1) is 12.2. The van der Waals surface area contributed by atoms with E-state index in [1.54, 1.807) is 11.7 Å². The summed E-state index contributed by atoms with van der Waals surface area (Å²) in [6.45, 7) is 2.10. The Morgan fingerprint density at radius 3 is 2.72 bits per heavy atom. The van der Waals surface area contributed by atoms with Gasteiger partial charge in [0.25, 0.3) is 5.56 Å². The fraction of sp³-hybridized carbons (Fsp3) is 0.211. The third kappa shape index (κ3) is 2.38. The summed E-state index contributed by atoms with van der Waals surface area (Å²) in [5.41, 5.74) is 1.41. The largest absolute Gasteiger partial charge is 0.497 e. The number of para-hydroxylation sites is 1. The molecule has 4 aromatic rings. The summed E-state index contributed by atoms with van der Waals surface area (Å²) in [6, 6.07) is 15.0. The number of fused-ring (bicyclic) bond motifs is 3. The average Bonchev–Trinajstić information content (AvgIpc) is 3.06. The number of nitrogens with zero attached hydrogens (tertiary/aromatic N) is 4. The predicted octanol–water partition coefficient (Wildman–Crippen LogP) is 2.99. The second kappa shape index (κ2) is 6.05. The smallest absolute Gasteiger partial charge is 0.267 e. The van der Waals surface area contributed by atoms with Gasteiger partial charge >= 0.3 is 0 Å². The zero-order valence-corrected chi connectivity index (χ0v) is 14.1. The first-order valence-electron chi connectivity index (χ1n) is 8.26. The van der Waals surface area contributed by atoms with Gasteiger partial charge in [0, 0.05) is 12.5 Å². The molecule has 0 bridgehead atoms. The minimum absolute atomic E-state index is 0.119. The Morgan fingerprint density at radius 1 is 1.08 bits per heavy atom. The van der Waals surface area contributed by atoms with Crippen LogP contribution in [0.1, 0.15) is 19.2 Å². The Balaban J connectivity index is 2.16. The van der Waals surface area contributed by atoms with E-state index in [2.05, 4.69) is 17.1 Å². The molecule has 2 heterocycles. The predicted molar refractivity (Wildman–Crippen MR) is 96.6 cm³/mol. The maximum absolute atomic E-state index is 13.2. The van der Waals surface area contributed by atoms with E-state index in [1.807, 2.05) is 52.9 Å². The number of aryl methyl sites for hydroxylation is 1. The molecular weight excluding hydrogens is 316 g/mol. The molecule has 0 spiro atoms. The van der Waals surface area contributed by atoms with Crippen LogP contribution in [0.15, 0.2) is 53.3 Å². The molecule has 0 aliphatic rings. The number of benzene rings is 2. The molecule has 0 saturated carbocycles. The summed E-state index contributed by atoms with van der Waals surface area (Å²) >= 11 is 0. The van der Waals surface area contributed by atoms with E-state index in [4.69, 9.17) is 4.74 Å². The normalized spacial score (nSPS) is 11.3. The second-order valence-corrected chi connectivity index (χ2v) is 5.86. The minimum atomic E-state index is -0.119. The van der Waals surface area contributed by atoms with E-state index in [9.17, 15) is 4.79 Å². The van der Waals surface area contributed by atoms with Crippen LogP contribution in [0, 0.1) is 0 Å². The lowest BCUT2D eigenvalue weighted by atomic mass is 10.2. The molecule has 0 atom stereocenters. The number of ether oxygens (including phenoxy) is 1. The van der Waals surface area contributed by atoms with Crippen LogP contribution in [0.4, 0.5) is 0 Å². The number of hydrogen-bond acceptors (Lipinski definition) is 4. The summed E-state index contributed by atoms with van der Waals surface area (Å²) in [5.74, 6) is 2.05. The van der Waals surface area contributed by atoms with E-state index < -0.39 is 0 Å². The SMILES string of the molecule is CCCc1nnc2n(-c3cccc(OC)c3)c(=O)c3ccccc3n12. The van der Waals surface area contributed by atoms with Crippen LogP contribution < -0.4 is 10.3 Å². The highest BCUT2D eigenvalue weighted by molar-refractivity contribution is 5.81. The van der Waals surface area contributed by atoms with Crippen LogP contribution in [-0.4, -0.2) is 26.3 Å². The molecule has 0 unspecified atom stereocenters. The first kappa shape index (κ1) is 15.4. The molecule has 0 saturated heterocycles. The van der Waals surface area contributed by atoms with E-state index in [-0.39, 0.29) is 5.56 Å². The van der Waals surface area contributed by atoms with E-state index in [0.717, 1.165) is 24.2 Å². The Kier molecular flexibility index (Phi) is 3.72. The Hall–Kier alpha value is -3.15. The lowest BCUT2D eigenvalue weighted by Gasteiger charge is -2.12. The average molecular weight is 334 g/mol. The highest BCUT2D eigenvalue weighted by Gasteiger charge is 2.17. The Labute approximate surface area is 144 Å². The molecule has 0 amide bonds. The van der Waals surface area contributed by atoms with Crippen molar-refractivity contribution < 1.29 is 4.74 Å². The topological polar surface area (TPSA) is 61.4 Å². The van der Waals surface area contributed by atoms with Crippen molar-refractivity contribution in [1.29, 1.82) is 0 Å². The molecule has 6 heteroatoms. The van der Waals surface area contributed by atoms with Crippen molar-refractivity contribution in [2.24, 2.45) is 0 Å². The molecule has 0 fully saturated rings. The molecule has 2 aromatic heterocycles. The highest BCUT2D eigenvalue weighted by atomic mass is 16.5. The summed E-state index contributed by atoms with van der Waals surface area (Å²) < 4.78 is 8.87. The van der Waals surface area contributed by atoms with Gasteiger partial charge in [0.1, 0.15) is 11.6 Å². The standard InChI is InChI=1S/C19H18N4O2/c1-3-7-17-20-21-19-22(13-8-6-9-14(12-13)25-2)18(24)15-10-4-5-11-16(15)23(17)19/h4-6,8-12H,3,7H2,1-2H3. The van der Waals surface area contributed by atoms with Gasteiger partial charge in [-0.05, 0) is 30.7 Å². The van der Waals surface area contributed by atoms with Crippen molar-refractivity contribution in [3.05, 3.63) is 64.7 Å². The molecular formula is C19H18N4O2. The highest BCUT2D eigenvalue weighted by Crippen LogP contribution is 2.21. The van der Waals surface area contributed by atoms with Crippen LogP contribution in [0.3, 0.4) is 0 Å². The quantitative estimate of drug-likeness (QED) is 0.576. The molecule has 0 aliphatic heterocycles. The molecule has 0 aliphatic carbocycles. The van der Waals surface area contributed by atoms with Crippen molar-refractivity contribution in [1.82, 2.24) is 19.2 Å². The van der Waals surface area contributed by atoms with Gasteiger partial charge in [-0.1, -0.05) is 25.1 Å². The van der Waals surface area contributed by atoms with Gasteiger partial charge in [-0.3, -0.25) is 9.20 Å². The third-order valence-electron chi connectivity index (χ3n) is 4.28. The van der Waals surface area contributed by atoms with E-state index >= 15 is 0 Å². The fourth-order valence-corrected chi connectivity index (χ4v) is 3.13. The molecule has 0 radical (unpaired) electrons. The number of rotatable bonds is 4. The van der Waals surface area contributed by atoms with Gasteiger partial charge in [-0.2, -0.15) is 0 Å². The Bertz CT molecular complexity index is 1130. The van der Waals surface area contributed by atoms with Gasteiger partial charge in [-0.15, -0.1) is 10.2 Å². The van der Waals surface area contributed by atoms with Crippen molar-refractivity contribution in [2.45, 2.75) is 19.8 Å². The molecule has 0 N–H and O–H groups in total. The third-order valence-corrected chi connectivity index (χ3v) is 4.28. The van der Waals surface area contributed by atoms with Crippen LogP contribution in [0.25, 0.3) is 22.4 Å². The maximum Gasteiger partial charge on any atom is 0.267 e. The molecule has 2 aromatic carbocycles. The van der Waals surface area contributed by atoms with Gasteiger partial charge < -0.3 is 4.74 Å². The van der Waals surface area contributed by atoms with Crippen molar-refractivity contribution in [3.63, 3.8) is 0 Å². The second-order valence-electron chi connectivity index (χ2n) is 5.86. The maximum atomic E-state index is 13.2. The number of hydrogen-bond donors (Lipinski definition) is 0. The first-order valence-corrected chi connectivity index (χ1v) is 8.26. The van der Waals surface area contributed by atoms with Crippen molar-refractivity contribution in [3.8, 4) is 11.4 Å². The summed E-state index contributed by atoms with van der Waals surface area (Å²) in [4.78, 5) is 13.2. The summed E-state index contributed by atoms with van der Waals surface area (Å²) in [5, 5.41) is 9.28. The monoisotopic (exact) mass is 334 g/mol. The molecule has 4 rings (SSSR count). The molecule has 25 heavy (non-hydrogen) atoms. The lowest BCUT2D eigenvalue weighted by molar-refractivity contribution is 0.414. The van der Waals surface area contributed by atoms with Gasteiger partial charge in [-0.25, -0.2) is 4.57 Å².